The van der Waals surface area contributed by atoms with Gasteiger partial charge in [0.15, 0.2) is 0 Å². The summed E-state index contributed by atoms with van der Waals surface area (Å²) in [7, 11) is 1.70. The van der Waals surface area contributed by atoms with Gasteiger partial charge in [0.1, 0.15) is 0 Å². The Bertz CT molecular complexity index is 522. The second-order valence-electron chi connectivity index (χ2n) is 4.62. The van der Waals surface area contributed by atoms with Crippen molar-refractivity contribution in [2.45, 2.75) is 33.5 Å². The van der Waals surface area contributed by atoms with Crippen LogP contribution in [0.1, 0.15) is 24.3 Å². The predicted octanol–water partition coefficient (Wildman–Crippen LogP) is 1.24. The van der Waals surface area contributed by atoms with Crippen LogP contribution < -0.4 is 0 Å². The first-order chi connectivity index (χ1) is 9.71. The largest absolute Gasteiger partial charge is 0.424 e. The maximum atomic E-state index is 5.43. The summed E-state index contributed by atoms with van der Waals surface area (Å²) in [6.07, 6.45) is 3.95. The molecule has 0 aromatic carbocycles. The van der Waals surface area contributed by atoms with E-state index < -0.39 is 0 Å². The molecular formula is C13H21N5O2. The van der Waals surface area contributed by atoms with E-state index in [0.29, 0.717) is 24.9 Å². The Morgan fingerprint density at radius 3 is 2.80 bits per heavy atom. The third-order valence-corrected chi connectivity index (χ3v) is 2.96. The van der Waals surface area contributed by atoms with E-state index in [9.17, 15) is 0 Å². The Morgan fingerprint density at radius 2 is 2.20 bits per heavy atom. The molecule has 20 heavy (non-hydrogen) atoms. The number of rotatable bonds is 8. The summed E-state index contributed by atoms with van der Waals surface area (Å²) in [6.45, 7) is 7.60. The van der Waals surface area contributed by atoms with Crippen molar-refractivity contribution in [2.75, 3.05) is 20.3 Å². The lowest BCUT2D eigenvalue weighted by Gasteiger charge is -2.19. The van der Waals surface area contributed by atoms with Crippen molar-refractivity contribution in [3.8, 4) is 0 Å². The van der Waals surface area contributed by atoms with Crippen LogP contribution in [-0.4, -0.2) is 45.1 Å². The van der Waals surface area contributed by atoms with Gasteiger partial charge in [0.25, 0.3) is 0 Å². The standard InChI is InChI=1S/C13H21N5O2/c1-4-18-9-12(7-14-18)8-17(5-6-19-3)10-13-16-15-11(2)20-13/h7,9H,4-6,8,10H2,1-3H3. The maximum absolute atomic E-state index is 5.43. The second kappa shape index (κ2) is 7.16. The highest BCUT2D eigenvalue weighted by Gasteiger charge is 2.12. The number of hydrogen-bond acceptors (Lipinski definition) is 6. The zero-order valence-corrected chi connectivity index (χ0v) is 12.2. The molecular weight excluding hydrogens is 258 g/mol. The van der Waals surface area contributed by atoms with Gasteiger partial charge in [-0.25, -0.2) is 0 Å². The van der Waals surface area contributed by atoms with E-state index in [1.165, 1.54) is 5.56 Å². The highest BCUT2D eigenvalue weighted by Crippen LogP contribution is 2.09. The normalized spacial score (nSPS) is 11.4. The Kier molecular flexibility index (Phi) is 5.25. The molecule has 7 nitrogen and oxygen atoms in total. The van der Waals surface area contributed by atoms with Crippen molar-refractivity contribution in [1.82, 2.24) is 24.9 Å². The number of aryl methyl sites for hydroxylation is 2. The van der Waals surface area contributed by atoms with E-state index in [0.717, 1.165) is 19.6 Å². The highest BCUT2D eigenvalue weighted by molar-refractivity contribution is 5.03. The summed E-state index contributed by atoms with van der Waals surface area (Å²) in [6, 6.07) is 0. The monoisotopic (exact) mass is 279 g/mol. The van der Waals surface area contributed by atoms with Crippen molar-refractivity contribution >= 4 is 0 Å². The summed E-state index contributed by atoms with van der Waals surface area (Å²) in [5.74, 6) is 1.21. The van der Waals surface area contributed by atoms with Crippen molar-refractivity contribution in [2.24, 2.45) is 0 Å². The van der Waals surface area contributed by atoms with E-state index in [-0.39, 0.29) is 0 Å². The van der Waals surface area contributed by atoms with Gasteiger partial charge < -0.3 is 9.15 Å². The molecule has 0 N–H and O–H groups in total. The Hall–Kier alpha value is -1.73. The first-order valence-corrected chi connectivity index (χ1v) is 6.73. The van der Waals surface area contributed by atoms with E-state index in [4.69, 9.17) is 9.15 Å². The Balaban J connectivity index is 1.98. The minimum Gasteiger partial charge on any atom is -0.424 e. The third-order valence-electron chi connectivity index (χ3n) is 2.96. The molecule has 2 aromatic rings. The van der Waals surface area contributed by atoms with Crippen LogP contribution in [0.5, 0.6) is 0 Å². The number of methoxy groups -OCH3 is 1. The zero-order chi connectivity index (χ0) is 14.4. The number of ether oxygens (including phenoxy) is 1. The van der Waals surface area contributed by atoms with E-state index in [1.54, 1.807) is 14.0 Å². The first kappa shape index (κ1) is 14.7. The first-order valence-electron chi connectivity index (χ1n) is 6.73. The van der Waals surface area contributed by atoms with Gasteiger partial charge in [-0.3, -0.25) is 9.58 Å². The van der Waals surface area contributed by atoms with Crippen molar-refractivity contribution in [1.29, 1.82) is 0 Å². The maximum Gasteiger partial charge on any atom is 0.230 e. The minimum atomic E-state index is 0.588. The summed E-state index contributed by atoms with van der Waals surface area (Å²) in [4.78, 5) is 2.20. The fraction of sp³-hybridized carbons (Fsp3) is 0.615. The molecule has 110 valence electrons. The zero-order valence-electron chi connectivity index (χ0n) is 12.2. The number of hydrogen-bond donors (Lipinski definition) is 0. The minimum absolute atomic E-state index is 0.588. The fourth-order valence-electron chi connectivity index (χ4n) is 1.95. The summed E-state index contributed by atoms with van der Waals surface area (Å²) in [5.41, 5.74) is 1.17. The highest BCUT2D eigenvalue weighted by atomic mass is 16.5. The molecule has 0 atom stereocenters. The van der Waals surface area contributed by atoms with Gasteiger partial charge in [0.2, 0.25) is 11.8 Å². The molecule has 0 aliphatic carbocycles. The van der Waals surface area contributed by atoms with Crippen LogP contribution in [0, 0.1) is 6.92 Å². The van der Waals surface area contributed by atoms with Gasteiger partial charge >= 0.3 is 0 Å². The lowest BCUT2D eigenvalue weighted by Crippen LogP contribution is -2.26. The molecule has 0 amide bonds. The predicted molar refractivity (Wildman–Crippen MR) is 72.9 cm³/mol. The van der Waals surface area contributed by atoms with E-state index >= 15 is 0 Å². The van der Waals surface area contributed by atoms with Gasteiger partial charge in [0.05, 0.1) is 19.3 Å². The van der Waals surface area contributed by atoms with Gasteiger partial charge in [-0.15, -0.1) is 10.2 Å². The van der Waals surface area contributed by atoms with Crippen LogP contribution in [0.15, 0.2) is 16.8 Å². The van der Waals surface area contributed by atoms with Gasteiger partial charge in [0, 0.05) is 45.4 Å². The van der Waals surface area contributed by atoms with Gasteiger partial charge in [-0.1, -0.05) is 0 Å². The molecule has 0 fully saturated rings. The molecule has 0 unspecified atom stereocenters. The Labute approximate surface area is 118 Å². The molecule has 0 spiro atoms. The third kappa shape index (κ3) is 4.14. The number of aromatic nitrogens is 4. The van der Waals surface area contributed by atoms with Crippen LogP contribution in [0.3, 0.4) is 0 Å². The molecule has 0 saturated carbocycles. The summed E-state index contributed by atoms with van der Waals surface area (Å²) < 4.78 is 12.5. The molecule has 0 bridgehead atoms. The van der Waals surface area contributed by atoms with Crippen LogP contribution >= 0.6 is 0 Å². The summed E-state index contributed by atoms with van der Waals surface area (Å²) in [5, 5.41) is 12.2. The quantitative estimate of drug-likeness (QED) is 0.724. The van der Waals surface area contributed by atoms with Gasteiger partial charge in [-0.2, -0.15) is 5.10 Å². The molecule has 0 radical (unpaired) electrons. The van der Waals surface area contributed by atoms with Crippen molar-refractivity contribution < 1.29 is 9.15 Å². The van der Waals surface area contributed by atoms with E-state index in [2.05, 4.69) is 33.3 Å². The van der Waals surface area contributed by atoms with E-state index in [1.807, 2.05) is 10.9 Å². The lowest BCUT2D eigenvalue weighted by molar-refractivity contribution is 0.133. The molecule has 2 heterocycles. The van der Waals surface area contributed by atoms with Gasteiger partial charge in [-0.05, 0) is 6.92 Å². The molecule has 2 rings (SSSR count). The average Bonchev–Trinajstić information content (AvgIpc) is 3.05. The Morgan fingerprint density at radius 1 is 1.35 bits per heavy atom. The molecule has 0 aliphatic heterocycles. The average molecular weight is 279 g/mol. The van der Waals surface area contributed by atoms with Crippen molar-refractivity contribution in [3.63, 3.8) is 0 Å². The topological polar surface area (TPSA) is 69.2 Å². The van der Waals surface area contributed by atoms with Crippen LogP contribution in [0.2, 0.25) is 0 Å². The molecule has 0 aliphatic rings. The van der Waals surface area contributed by atoms with Crippen LogP contribution in [0.25, 0.3) is 0 Å². The fourth-order valence-corrected chi connectivity index (χ4v) is 1.95. The van der Waals surface area contributed by atoms with Crippen LogP contribution in [0.4, 0.5) is 0 Å². The smallest absolute Gasteiger partial charge is 0.230 e. The number of nitrogens with zero attached hydrogens (tertiary/aromatic N) is 5. The molecule has 0 saturated heterocycles. The van der Waals surface area contributed by atoms with Crippen molar-refractivity contribution in [3.05, 3.63) is 29.7 Å². The SMILES string of the molecule is CCn1cc(CN(CCOC)Cc2nnc(C)o2)cn1. The molecule has 7 heteroatoms. The molecule has 2 aromatic heterocycles. The van der Waals surface area contributed by atoms with Crippen LogP contribution in [-0.2, 0) is 24.4 Å². The lowest BCUT2D eigenvalue weighted by atomic mass is 10.3. The summed E-state index contributed by atoms with van der Waals surface area (Å²) >= 11 is 0. The second-order valence-corrected chi connectivity index (χ2v) is 4.62.